The van der Waals surface area contributed by atoms with Crippen LogP contribution in [0.1, 0.15) is 36.0 Å². The zero-order valence-electron chi connectivity index (χ0n) is 18.8. The van der Waals surface area contributed by atoms with Gasteiger partial charge in [0.1, 0.15) is 0 Å². The molecule has 3 aromatic carbocycles. The van der Waals surface area contributed by atoms with Crippen molar-refractivity contribution in [3.05, 3.63) is 113 Å². The van der Waals surface area contributed by atoms with Crippen LogP contribution in [-0.2, 0) is 0 Å². The molecule has 0 bridgehead atoms. The minimum absolute atomic E-state index is 0.241. The molecule has 2 aliphatic carbocycles. The van der Waals surface area contributed by atoms with E-state index in [1.165, 1.54) is 22.3 Å². The maximum absolute atomic E-state index is 6.24. The Morgan fingerprint density at radius 3 is 2.35 bits per heavy atom. The number of allylic oxidation sites excluding steroid dienone is 4. The van der Waals surface area contributed by atoms with Crippen molar-refractivity contribution < 1.29 is 9.05 Å². The summed E-state index contributed by atoms with van der Waals surface area (Å²) in [5.74, 6) is 2.80. The second-order valence-electron chi connectivity index (χ2n) is 8.65. The first-order valence-electron chi connectivity index (χ1n) is 11.4. The summed E-state index contributed by atoms with van der Waals surface area (Å²) in [5, 5.41) is 0. The van der Waals surface area contributed by atoms with Crippen molar-refractivity contribution in [3.63, 3.8) is 0 Å². The number of benzene rings is 3. The van der Waals surface area contributed by atoms with Crippen LogP contribution in [-0.4, -0.2) is 21.5 Å². The van der Waals surface area contributed by atoms with Crippen LogP contribution in [0.4, 0.5) is 5.69 Å². The van der Waals surface area contributed by atoms with E-state index in [0.29, 0.717) is 0 Å². The van der Waals surface area contributed by atoms with Crippen LogP contribution in [0.5, 0.6) is 17.2 Å². The van der Waals surface area contributed by atoms with Crippen molar-refractivity contribution in [2.75, 3.05) is 5.73 Å². The first-order chi connectivity index (χ1) is 16.6. The average Bonchev–Trinajstić information content (AvgIpc) is 3.26. The number of rotatable bonds is 4. The van der Waals surface area contributed by atoms with E-state index in [0.717, 1.165) is 40.6 Å². The Kier molecular flexibility index (Phi) is 5.30. The normalized spacial score (nSPS) is 20.6. The Hall–Kier alpha value is -3.30. The fraction of sp³-hybridized carbons (Fsp3) is 0.143. The first kappa shape index (κ1) is 21.2. The summed E-state index contributed by atoms with van der Waals surface area (Å²) < 4.78 is 17.9. The van der Waals surface area contributed by atoms with E-state index in [1.807, 2.05) is 48.5 Å². The van der Waals surface area contributed by atoms with Gasteiger partial charge in [-0.15, -0.1) is 0 Å². The quantitative estimate of drug-likeness (QED) is 0.329. The van der Waals surface area contributed by atoms with Crippen molar-refractivity contribution in [1.29, 1.82) is 0 Å². The van der Waals surface area contributed by atoms with Gasteiger partial charge < -0.3 is 0 Å². The molecule has 0 radical (unpaired) electrons. The van der Waals surface area contributed by atoms with Crippen molar-refractivity contribution in [2.24, 2.45) is 11.7 Å². The summed E-state index contributed by atoms with van der Waals surface area (Å²) in [6.45, 7) is 2.21. The van der Waals surface area contributed by atoms with Crippen molar-refractivity contribution in [1.82, 2.24) is 0 Å². The molecule has 0 fully saturated rings. The summed E-state index contributed by atoms with van der Waals surface area (Å²) in [7, 11) is 0. The average molecular weight is 558 g/mol. The van der Waals surface area contributed by atoms with E-state index in [-0.39, 0.29) is 11.8 Å². The van der Waals surface area contributed by atoms with Crippen molar-refractivity contribution >= 4 is 32.7 Å². The van der Waals surface area contributed by atoms with Crippen molar-refractivity contribution in [3.8, 4) is 17.2 Å². The molecule has 1 aliphatic heterocycles. The third kappa shape index (κ3) is 3.65. The van der Waals surface area contributed by atoms with E-state index < -0.39 is 21.5 Å². The van der Waals surface area contributed by atoms with E-state index in [4.69, 9.17) is 20.5 Å². The van der Waals surface area contributed by atoms with E-state index >= 15 is 0 Å². The third-order valence-electron chi connectivity index (χ3n) is 6.58. The van der Waals surface area contributed by atoms with Crippen molar-refractivity contribution in [2.45, 2.75) is 19.3 Å². The number of nitrogen functional groups attached to an aromatic ring is 1. The van der Waals surface area contributed by atoms with Gasteiger partial charge in [-0.05, 0) is 0 Å². The summed E-state index contributed by atoms with van der Waals surface area (Å²) in [6, 6.07) is 22.2. The van der Waals surface area contributed by atoms with Gasteiger partial charge in [-0.25, -0.2) is 0 Å². The summed E-state index contributed by atoms with van der Waals surface area (Å²) >= 11 is -2.79. The van der Waals surface area contributed by atoms with Crippen LogP contribution in [0, 0.1) is 5.92 Å². The molecular formula is C28H25N2O3Sb. The van der Waals surface area contributed by atoms with Gasteiger partial charge >= 0.3 is 209 Å². The van der Waals surface area contributed by atoms with E-state index in [9.17, 15) is 0 Å². The molecule has 0 aromatic heterocycles. The molecule has 3 aromatic rings. The second-order valence-corrected chi connectivity index (χ2v) is 11.5. The SMILES string of the molecule is CCC1=C(c2ccc([O][121Sb]3[O]c4ccccc4[O]3)cc2)c2cc(N)ccc2C2C=CC(N)=CC12. The van der Waals surface area contributed by atoms with E-state index in [2.05, 4.69) is 43.3 Å². The summed E-state index contributed by atoms with van der Waals surface area (Å²) in [4.78, 5) is 0. The van der Waals surface area contributed by atoms with Gasteiger partial charge in [0.2, 0.25) is 0 Å². The minimum atomic E-state index is -2.79. The Morgan fingerprint density at radius 2 is 1.65 bits per heavy atom. The van der Waals surface area contributed by atoms with Gasteiger partial charge in [0.05, 0.1) is 0 Å². The molecule has 0 saturated carbocycles. The van der Waals surface area contributed by atoms with Gasteiger partial charge in [-0.3, -0.25) is 0 Å². The third-order valence-corrected chi connectivity index (χ3v) is 9.58. The topological polar surface area (TPSA) is 79.7 Å². The number of hydrogen-bond acceptors (Lipinski definition) is 5. The van der Waals surface area contributed by atoms with Gasteiger partial charge in [0.15, 0.2) is 0 Å². The van der Waals surface area contributed by atoms with Crippen LogP contribution in [0.2, 0.25) is 0 Å². The Morgan fingerprint density at radius 1 is 0.912 bits per heavy atom. The van der Waals surface area contributed by atoms with Gasteiger partial charge in [-0.2, -0.15) is 0 Å². The summed E-state index contributed by atoms with van der Waals surface area (Å²) in [6.07, 6.45) is 7.37. The number of fused-ring (bicyclic) bond motifs is 4. The molecule has 0 spiro atoms. The molecular weight excluding hydrogens is 533 g/mol. The van der Waals surface area contributed by atoms with Crippen LogP contribution in [0.3, 0.4) is 0 Å². The zero-order valence-corrected chi connectivity index (χ0v) is 21.3. The molecule has 170 valence electrons. The second kappa shape index (κ2) is 8.48. The van der Waals surface area contributed by atoms with Crippen LogP contribution < -0.4 is 20.5 Å². The monoisotopic (exact) mass is 558 g/mol. The molecule has 1 heterocycles. The molecule has 0 saturated heterocycles. The number of anilines is 1. The molecule has 2 unspecified atom stereocenters. The Labute approximate surface area is 208 Å². The number of hydrogen-bond donors (Lipinski definition) is 2. The fourth-order valence-corrected chi connectivity index (χ4v) is 8.01. The molecule has 5 nitrogen and oxygen atoms in total. The van der Waals surface area contributed by atoms with Gasteiger partial charge in [0, 0.05) is 0 Å². The fourth-order valence-electron chi connectivity index (χ4n) is 5.08. The standard InChI is InChI=1S/C22H22N2O.C6H6O2.Sb/c1-2-17-20-11-14(23)5-9-18(20)19-10-6-15(24)12-21(19)22(17)13-3-7-16(25)8-4-13;7-5-3-1-2-4-6(5)8;/h3-12,18,20,25H,2,23-24H2,1H3;1-4,7-8H;/q;;+3/p-3/i;;1-1. The van der Waals surface area contributed by atoms with Gasteiger partial charge in [-0.1, -0.05) is 0 Å². The molecule has 6 heteroatoms. The van der Waals surface area contributed by atoms with Crippen LogP contribution in [0.25, 0.3) is 5.57 Å². The molecule has 0 amide bonds. The van der Waals surface area contributed by atoms with Gasteiger partial charge in [0.25, 0.3) is 0 Å². The first-order valence-corrected chi connectivity index (χ1v) is 14.5. The maximum atomic E-state index is 6.24. The Balaban J connectivity index is 1.35. The summed E-state index contributed by atoms with van der Waals surface area (Å²) in [5.41, 5.74) is 20.3. The molecule has 3 aliphatic rings. The predicted molar refractivity (Wildman–Crippen MR) is 135 cm³/mol. The molecule has 4 N–H and O–H groups in total. The predicted octanol–water partition coefficient (Wildman–Crippen LogP) is 5.44. The zero-order chi connectivity index (χ0) is 23.2. The van der Waals surface area contributed by atoms with Crippen LogP contribution in [0.15, 0.2) is 96.2 Å². The molecule has 34 heavy (non-hydrogen) atoms. The Bertz CT molecular complexity index is 1340. The molecule has 6 rings (SSSR count). The van der Waals surface area contributed by atoms with E-state index in [1.54, 1.807) is 0 Å². The molecule has 2 atom stereocenters. The number of para-hydroxylation sites is 2. The number of nitrogens with two attached hydrogens (primary N) is 2. The van der Waals surface area contributed by atoms with Crippen LogP contribution >= 0.6 is 0 Å².